The number of nitrogens with one attached hydrogen (secondary N) is 2. The number of aromatic nitrogens is 1. The molecule has 2 rings (SSSR count). The number of hydrogen-bond acceptors (Lipinski definition) is 4. The Labute approximate surface area is 137 Å². The van der Waals surface area contributed by atoms with Crippen LogP contribution in [0.3, 0.4) is 0 Å². The Bertz CT molecular complexity index is 810. The van der Waals surface area contributed by atoms with Crippen LogP contribution in [0.4, 0.5) is 5.69 Å². The van der Waals surface area contributed by atoms with E-state index in [1.165, 1.54) is 0 Å². The Morgan fingerprint density at radius 3 is 2.36 bits per heavy atom. The van der Waals surface area contributed by atoms with E-state index in [4.69, 9.17) is 28.9 Å². The third kappa shape index (κ3) is 3.36. The molecule has 1 aromatic heterocycles. The van der Waals surface area contributed by atoms with Crippen LogP contribution >= 0.6 is 23.2 Å². The van der Waals surface area contributed by atoms with Gasteiger partial charge in [-0.2, -0.15) is 0 Å². The summed E-state index contributed by atoms with van der Waals surface area (Å²) in [4.78, 5) is 13.6. The fourth-order valence-electron chi connectivity index (χ4n) is 1.65. The SMILES string of the molecule is Cn1cccc1C(=O)NNS(=O)(=O)c1cc(Cl)c(N)c(Cl)c1. The first-order valence-electron chi connectivity index (χ1n) is 5.90. The highest BCUT2D eigenvalue weighted by Crippen LogP contribution is 2.30. The molecule has 0 saturated carbocycles. The number of nitrogens with two attached hydrogens (primary N) is 1. The topological polar surface area (TPSA) is 106 Å². The number of hydrazine groups is 1. The zero-order chi connectivity index (χ0) is 16.5. The van der Waals surface area contributed by atoms with Crippen molar-refractivity contribution in [1.82, 2.24) is 14.8 Å². The minimum Gasteiger partial charge on any atom is -0.396 e. The van der Waals surface area contributed by atoms with Crippen molar-refractivity contribution in [3.05, 3.63) is 46.2 Å². The Morgan fingerprint density at radius 2 is 1.86 bits per heavy atom. The fraction of sp³-hybridized carbons (Fsp3) is 0.0833. The number of rotatable bonds is 4. The summed E-state index contributed by atoms with van der Waals surface area (Å²) in [5, 5.41) is 0.00303. The van der Waals surface area contributed by atoms with Crippen molar-refractivity contribution in [2.75, 3.05) is 5.73 Å². The smallest absolute Gasteiger partial charge is 0.282 e. The Balaban J connectivity index is 2.19. The third-order valence-electron chi connectivity index (χ3n) is 2.84. The maximum atomic E-state index is 12.1. The average Bonchev–Trinajstić information content (AvgIpc) is 2.88. The molecule has 10 heteroatoms. The molecule has 0 aliphatic heterocycles. The minimum atomic E-state index is -4.04. The summed E-state index contributed by atoms with van der Waals surface area (Å²) in [5.74, 6) is -0.608. The highest BCUT2D eigenvalue weighted by Gasteiger charge is 2.19. The van der Waals surface area contributed by atoms with Crippen molar-refractivity contribution in [3.8, 4) is 0 Å². The molecule has 1 aromatic carbocycles. The first-order chi connectivity index (χ1) is 10.2. The summed E-state index contributed by atoms with van der Waals surface area (Å²) in [6.45, 7) is 0. The Hall–Kier alpha value is -1.74. The first-order valence-corrected chi connectivity index (χ1v) is 8.14. The summed E-state index contributed by atoms with van der Waals surface area (Å²) < 4.78 is 25.8. The lowest BCUT2D eigenvalue weighted by atomic mass is 10.3. The van der Waals surface area contributed by atoms with Gasteiger partial charge >= 0.3 is 0 Å². The van der Waals surface area contributed by atoms with Crippen LogP contribution in [0.25, 0.3) is 0 Å². The molecule has 0 fully saturated rings. The molecule has 0 spiro atoms. The molecule has 0 atom stereocenters. The number of anilines is 1. The summed E-state index contributed by atoms with van der Waals surface area (Å²) in [6.07, 6.45) is 1.66. The lowest BCUT2D eigenvalue weighted by molar-refractivity contribution is 0.0937. The largest absolute Gasteiger partial charge is 0.396 e. The Morgan fingerprint density at radius 1 is 1.27 bits per heavy atom. The second-order valence-electron chi connectivity index (χ2n) is 4.36. The molecule has 118 valence electrons. The predicted octanol–water partition coefficient (Wildman–Crippen LogP) is 1.54. The monoisotopic (exact) mass is 362 g/mol. The zero-order valence-electron chi connectivity index (χ0n) is 11.3. The maximum Gasteiger partial charge on any atom is 0.282 e. The van der Waals surface area contributed by atoms with Crippen LogP contribution in [0.5, 0.6) is 0 Å². The number of halogens is 2. The van der Waals surface area contributed by atoms with E-state index < -0.39 is 15.9 Å². The molecule has 7 nitrogen and oxygen atoms in total. The number of sulfonamides is 1. The third-order valence-corrected chi connectivity index (χ3v) is 4.69. The van der Waals surface area contributed by atoms with Gasteiger partial charge in [-0.25, -0.2) is 8.42 Å². The van der Waals surface area contributed by atoms with Gasteiger partial charge in [0, 0.05) is 13.2 Å². The lowest BCUT2D eigenvalue weighted by Crippen LogP contribution is -2.42. The van der Waals surface area contributed by atoms with E-state index >= 15 is 0 Å². The van der Waals surface area contributed by atoms with E-state index in [0.29, 0.717) is 0 Å². The molecule has 1 amide bonds. The average molecular weight is 363 g/mol. The number of nitrogens with zero attached hydrogens (tertiary/aromatic N) is 1. The van der Waals surface area contributed by atoms with Gasteiger partial charge in [-0.1, -0.05) is 23.2 Å². The van der Waals surface area contributed by atoms with Crippen molar-refractivity contribution < 1.29 is 13.2 Å². The fourth-order valence-corrected chi connectivity index (χ4v) is 3.16. The van der Waals surface area contributed by atoms with Crippen LogP contribution < -0.4 is 16.0 Å². The van der Waals surface area contributed by atoms with Gasteiger partial charge in [0.15, 0.2) is 0 Å². The Kier molecular flexibility index (Phi) is 4.66. The molecule has 1 heterocycles. The number of aryl methyl sites for hydroxylation is 1. The number of nitrogen functional groups attached to an aromatic ring is 1. The van der Waals surface area contributed by atoms with Gasteiger partial charge in [-0.05, 0) is 24.3 Å². The van der Waals surface area contributed by atoms with Crippen LogP contribution in [0.15, 0.2) is 35.4 Å². The van der Waals surface area contributed by atoms with E-state index in [0.717, 1.165) is 12.1 Å². The van der Waals surface area contributed by atoms with E-state index in [-0.39, 0.29) is 26.3 Å². The van der Waals surface area contributed by atoms with Crippen LogP contribution in [0.2, 0.25) is 10.0 Å². The van der Waals surface area contributed by atoms with Gasteiger partial charge in [0.2, 0.25) is 0 Å². The number of carbonyl (C=O) groups is 1. The second-order valence-corrected chi connectivity index (χ2v) is 6.86. The molecule has 0 aliphatic rings. The number of benzene rings is 1. The summed E-state index contributed by atoms with van der Waals surface area (Å²) in [7, 11) is -2.38. The van der Waals surface area contributed by atoms with Gasteiger partial charge < -0.3 is 10.3 Å². The number of hydrogen-bond donors (Lipinski definition) is 3. The normalized spacial score (nSPS) is 11.4. The van der Waals surface area contributed by atoms with E-state index in [1.807, 2.05) is 4.83 Å². The van der Waals surface area contributed by atoms with Gasteiger partial charge in [0.25, 0.3) is 15.9 Å². The quantitative estimate of drug-likeness (QED) is 0.566. The summed E-state index contributed by atoms with van der Waals surface area (Å²) in [5.41, 5.74) is 8.02. The van der Waals surface area contributed by atoms with Gasteiger partial charge in [-0.3, -0.25) is 10.2 Å². The number of carbonyl (C=O) groups excluding carboxylic acids is 1. The van der Waals surface area contributed by atoms with E-state index in [9.17, 15) is 13.2 Å². The number of amides is 1. The summed E-state index contributed by atoms with van der Waals surface area (Å²) >= 11 is 11.6. The molecular weight excluding hydrogens is 351 g/mol. The van der Waals surface area contributed by atoms with Gasteiger partial charge in [0.05, 0.1) is 20.6 Å². The molecule has 0 aliphatic carbocycles. The predicted molar refractivity (Wildman–Crippen MR) is 84.1 cm³/mol. The minimum absolute atomic E-state index is 0.00151. The van der Waals surface area contributed by atoms with Crippen LogP contribution in [0, 0.1) is 0 Å². The van der Waals surface area contributed by atoms with Crippen LogP contribution in [-0.2, 0) is 17.1 Å². The molecule has 22 heavy (non-hydrogen) atoms. The molecule has 0 saturated heterocycles. The van der Waals surface area contributed by atoms with Crippen molar-refractivity contribution in [2.45, 2.75) is 4.90 Å². The van der Waals surface area contributed by atoms with Crippen molar-refractivity contribution in [2.24, 2.45) is 7.05 Å². The van der Waals surface area contributed by atoms with Crippen molar-refractivity contribution >= 4 is 44.8 Å². The second kappa shape index (κ2) is 6.17. The van der Waals surface area contributed by atoms with Crippen LogP contribution in [0.1, 0.15) is 10.5 Å². The van der Waals surface area contributed by atoms with E-state index in [1.54, 1.807) is 29.9 Å². The highest BCUT2D eigenvalue weighted by atomic mass is 35.5. The maximum absolute atomic E-state index is 12.1. The summed E-state index contributed by atoms with van der Waals surface area (Å²) in [6, 6.07) is 5.48. The zero-order valence-corrected chi connectivity index (χ0v) is 13.6. The van der Waals surface area contributed by atoms with Gasteiger partial charge in [-0.15, -0.1) is 4.83 Å². The molecular formula is C12H12Cl2N4O3S. The van der Waals surface area contributed by atoms with Crippen LogP contribution in [-0.4, -0.2) is 18.9 Å². The first kappa shape index (κ1) is 16.6. The van der Waals surface area contributed by atoms with Crippen molar-refractivity contribution in [1.29, 1.82) is 0 Å². The molecule has 0 unspecified atom stereocenters. The molecule has 4 N–H and O–H groups in total. The molecule has 2 aromatic rings. The lowest BCUT2D eigenvalue weighted by Gasteiger charge is -2.10. The highest BCUT2D eigenvalue weighted by molar-refractivity contribution is 7.89. The van der Waals surface area contributed by atoms with Gasteiger partial charge in [0.1, 0.15) is 5.69 Å². The standard InChI is InChI=1S/C12H12Cl2N4O3S/c1-18-4-2-3-10(18)12(19)16-17-22(20,21)7-5-8(13)11(15)9(14)6-7/h2-6,17H,15H2,1H3,(H,16,19). The van der Waals surface area contributed by atoms with Crippen molar-refractivity contribution in [3.63, 3.8) is 0 Å². The van der Waals surface area contributed by atoms with E-state index in [2.05, 4.69) is 5.43 Å². The molecule has 0 radical (unpaired) electrons. The molecule has 0 bridgehead atoms.